The van der Waals surface area contributed by atoms with Gasteiger partial charge in [0, 0.05) is 19.3 Å². The molecule has 63 heavy (non-hydrogen) atoms. The van der Waals surface area contributed by atoms with Gasteiger partial charge in [0.25, 0.3) is 0 Å². The molecule has 0 bridgehead atoms. The van der Waals surface area contributed by atoms with Crippen molar-refractivity contribution in [3.05, 3.63) is 24.3 Å². The summed E-state index contributed by atoms with van der Waals surface area (Å²) < 4.78 is 16.8. The Morgan fingerprint density at radius 1 is 0.302 bits per heavy atom. The minimum absolute atomic E-state index is 0.0721. The third kappa shape index (κ3) is 50.7. The van der Waals surface area contributed by atoms with Crippen LogP contribution in [0, 0.1) is 0 Å². The molecule has 1 atom stereocenters. The van der Waals surface area contributed by atoms with E-state index < -0.39 is 6.10 Å². The summed E-state index contributed by atoms with van der Waals surface area (Å²) in [5.74, 6) is -0.870. The Bertz CT molecular complexity index is 1020. The Balaban J connectivity index is 4.31. The molecule has 6 heteroatoms. The predicted octanol–water partition coefficient (Wildman–Crippen LogP) is 18.3. The monoisotopic (exact) mass is 887 g/mol. The van der Waals surface area contributed by atoms with Gasteiger partial charge >= 0.3 is 17.9 Å². The minimum atomic E-state index is -0.772. The first-order valence-corrected chi connectivity index (χ1v) is 27.8. The van der Waals surface area contributed by atoms with Gasteiger partial charge in [0.1, 0.15) is 13.2 Å². The Morgan fingerprint density at radius 2 is 0.524 bits per heavy atom. The first-order valence-electron chi connectivity index (χ1n) is 27.8. The molecule has 0 amide bonds. The highest BCUT2D eigenvalue weighted by Gasteiger charge is 2.19. The molecule has 0 saturated heterocycles. The zero-order valence-electron chi connectivity index (χ0n) is 42.4. The van der Waals surface area contributed by atoms with Crippen LogP contribution in [0.4, 0.5) is 0 Å². The van der Waals surface area contributed by atoms with E-state index in [1.54, 1.807) is 0 Å². The second-order valence-corrected chi connectivity index (χ2v) is 18.8. The van der Waals surface area contributed by atoms with Gasteiger partial charge in [-0.25, -0.2) is 0 Å². The van der Waals surface area contributed by atoms with Crippen LogP contribution < -0.4 is 0 Å². The number of hydrogen-bond donors (Lipinski definition) is 0. The Morgan fingerprint density at radius 3 is 0.794 bits per heavy atom. The molecule has 0 fully saturated rings. The van der Waals surface area contributed by atoms with E-state index in [0.717, 1.165) is 64.2 Å². The first kappa shape index (κ1) is 60.9. The highest BCUT2D eigenvalue weighted by Crippen LogP contribution is 2.16. The second-order valence-electron chi connectivity index (χ2n) is 18.8. The first-order chi connectivity index (χ1) is 31.0. The molecule has 0 radical (unpaired) electrons. The molecule has 0 spiro atoms. The smallest absolute Gasteiger partial charge is 0.306 e. The van der Waals surface area contributed by atoms with Crippen LogP contribution in [-0.4, -0.2) is 37.2 Å². The summed E-state index contributed by atoms with van der Waals surface area (Å²) in [7, 11) is 0. The molecule has 0 heterocycles. The van der Waals surface area contributed by atoms with Crippen molar-refractivity contribution in [1.82, 2.24) is 0 Å². The Kier molecular flexibility index (Phi) is 50.8. The molecule has 0 aromatic rings. The van der Waals surface area contributed by atoms with Crippen molar-refractivity contribution in [1.29, 1.82) is 0 Å². The Hall–Kier alpha value is -2.11. The van der Waals surface area contributed by atoms with Crippen molar-refractivity contribution in [2.24, 2.45) is 0 Å². The molecule has 0 saturated carbocycles. The quantitative estimate of drug-likeness (QED) is 0.0262. The van der Waals surface area contributed by atoms with Gasteiger partial charge < -0.3 is 14.2 Å². The molecule has 0 aliphatic heterocycles. The third-order valence-corrected chi connectivity index (χ3v) is 12.4. The maximum Gasteiger partial charge on any atom is 0.306 e. The van der Waals surface area contributed by atoms with Gasteiger partial charge in [0.15, 0.2) is 6.10 Å². The van der Waals surface area contributed by atoms with E-state index in [0.29, 0.717) is 19.3 Å². The molecule has 6 nitrogen and oxygen atoms in total. The van der Waals surface area contributed by atoms with E-state index in [9.17, 15) is 14.4 Å². The molecule has 0 aromatic carbocycles. The van der Waals surface area contributed by atoms with Crippen LogP contribution in [0.15, 0.2) is 24.3 Å². The molecule has 0 unspecified atom stereocenters. The van der Waals surface area contributed by atoms with Gasteiger partial charge in [-0.1, -0.05) is 238 Å². The summed E-state index contributed by atoms with van der Waals surface area (Å²) >= 11 is 0. The van der Waals surface area contributed by atoms with Gasteiger partial charge in [-0.15, -0.1) is 0 Å². The molecular weight excluding hydrogens is 781 g/mol. The summed E-state index contributed by atoms with van der Waals surface area (Å²) in [5.41, 5.74) is 0. The van der Waals surface area contributed by atoms with E-state index >= 15 is 0 Å². The maximum absolute atomic E-state index is 12.8. The molecular formula is C57H106O6. The van der Waals surface area contributed by atoms with E-state index in [2.05, 4.69) is 45.1 Å². The van der Waals surface area contributed by atoms with E-state index in [4.69, 9.17) is 14.2 Å². The number of esters is 3. The zero-order valence-corrected chi connectivity index (χ0v) is 42.4. The van der Waals surface area contributed by atoms with Gasteiger partial charge in [0.05, 0.1) is 0 Å². The van der Waals surface area contributed by atoms with Gasteiger partial charge in [-0.3, -0.25) is 14.4 Å². The van der Waals surface area contributed by atoms with Crippen molar-refractivity contribution in [3.8, 4) is 0 Å². The van der Waals surface area contributed by atoms with E-state index in [-0.39, 0.29) is 31.1 Å². The number of allylic oxidation sites excluding steroid dienone is 4. The lowest BCUT2D eigenvalue weighted by atomic mass is 10.1. The summed E-state index contributed by atoms with van der Waals surface area (Å²) in [6, 6.07) is 0. The van der Waals surface area contributed by atoms with Crippen molar-refractivity contribution in [3.63, 3.8) is 0 Å². The van der Waals surface area contributed by atoms with Crippen LogP contribution in [0.3, 0.4) is 0 Å². The molecule has 0 aliphatic rings. The predicted molar refractivity (Wildman–Crippen MR) is 270 cm³/mol. The van der Waals surface area contributed by atoms with E-state index in [1.807, 2.05) is 0 Å². The second kappa shape index (κ2) is 52.5. The van der Waals surface area contributed by atoms with Crippen molar-refractivity contribution in [2.45, 2.75) is 309 Å². The number of hydrogen-bond acceptors (Lipinski definition) is 6. The number of ether oxygens (including phenoxy) is 3. The SMILES string of the molecule is CCCCCCCC/C=C\CCCCCCCC(=O)O[C@@H](COC(=O)CCCCCCCCC/C=C\CCCCCCCCCC)COC(=O)CCCCCCCCCCCCC. The van der Waals surface area contributed by atoms with Crippen LogP contribution in [-0.2, 0) is 28.6 Å². The number of carbonyl (C=O) groups is 3. The fraction of sp³-hybridized carbons (Fsp3) is 0.877. The molecule has 370 valence electrons. The summed E-state index contributed by atoms with van der Waals surface area (Å²) in [6.07, 6.45) is 60.2. The topological polar surface area (TPSA) is 78.9 Å². The largest absolute Gasteiger partial charge is 0.462 e. The summed E-state index contributed by atoms with van der Waals surface area (Å²) in [4.78, 5) is 38.0. The number of rotatable bonds is 51. The standard InChI is InChI=1S/C57H106O6/c1-4-7-10-13-16-19-22-24-26-27-28-29-31-32-35-38-41-44-47-50-56(59)62-53-54(52-61-55(58)49-46-43-40-37-34-21-18-15-12-9-6-3)63-57(60)51-48-45-42-39-36-33-30-25-23-20-17-14-11-8-5-2/h25,27-28,30,54H,4-24,26,29,31-53H2,1-3H3/b28-27-,30-25-/t54-/m1/s1. The van der Waals surface area contributed by atoms with Crippen LogP contribution in [0.2, 0.25) is 0 Å². The lowest BCUT2D eigenvalue weighted by molar-refractivity contribution is -0.167. The number of carbonyl (C=O) groups excluding carboxylic acids is 3. The fourth-order valence-electron chi connectivity index (χ4n) is 8.20. The van der Waals surface area contributed by atoms with Crippen LogP contribution in [0.25, 0.3) is 0 Å². The van der Waals surface area contributed by atoms with Crippen molar-refractivity contribution < 1.29 is 28.6 Å². The minimum Gasteiger partial charge on any atom is -0.462 e. The Labute approximate surface area is 392 Å². The molecule has 0 aromatic heterocycles. The van der Waals surface area contributed by atoms with Crippen LogP contribution in [0.1, 0.15) is 303 Å². The average molecular weight is 887 g/mol. The summed E-state index contributed by atoms with van der Waals surface area (Å²) in [6.45, 7) is 6.65. The normalized spacial score (nSPS) is 12.1. The van der Waals surface area contributed by atoms with E-state index in [1.165, 1.54) is 199 Å². The third-order valence-electron chi connectivity index (χ3n) is 12.4. The molecule has 0 aliphatic carbocycles. The highest BCUT2D eigenvalue weighted by atomic mass is 16.6. The van der Waals surface area contributed by atoms with Gasteiger partial charge in [0.2, 0.25) is 0 Å². The molecule has 0 rings (SSSR count). The zero-order chi connectivity index (χ0) is 45.8. The fourth-order valence-corrected chi connectivity index (χ4v) is 8.20. The number of unbranched alkanes of at least 4 members (excludes halogenated alkanes) is 36. The summed E-state index contributed by atoms with van der Waals surface area (Å²) in [5, 5.41) is 0. The average Bonchev–Trinajstić information content (AvgIpc) is 3.28. The molecule has 0 N–H and O–H groups in total. The van der Waals surface area contributed by atoms with Crippen LogP contribution >= 0.6 is 0 Å². The highest BCUT2D eigenvalue weighted by molar-refractivity contribution is 5.71. The van der Waals surface area contributed by atoms with Crippen LogP contribution in [0.5, 0.6) is 0 Å². The van der Waals surface area contributed by atoms with Gasteiger partial charge in [-0.05, 0) is 70.6 Å². The van der Waals surface area contributed by atoms with Crippen molar-refractivity contribution in [2.75, 3.05) is 13.2 Å². The van der Waals surface area contributed by atoms with Crippen molar-refractivity contribution >= 4 is 17.9 Å². The lowest BCUT2D eigenvalue weighted by Gasteiger charge is -2.18. The van der Waals surface area contributed by atoms with Gasteiger partial charge in [-0.2, -0.15) is 0 Å². The lowest BCUT2D eigenvalue weighted by Crippen LogP contribution is -2.30. The maximum atomic E-state index is 12.8.